The van der Waals surface area contributed by atoms with Crippen LogP contribution in [0.25, 0.3) is 0 Å². The lowest BCUT2D eigenvalue weighted by Gasteiger charge is -2.36. The molecule has 244 valence electrons. The zero-order valence-corrected chi connectivity index (χ0v) is 27.7. The molecule has 12 heteroatoms. The second-order valence-corrected chi connectivity index (χ2v) is 16.8. The fourth-order valence-electron chi connectivity index (χ4n) is 3.94. The number of benzene rings is 2. The van der Waals surface area contributed by atoms with Gasteiger partial charge in [0, 0.05) is 6.61 Å². The molecule has 0 aliphatic carbocycles. The third kappa shape index (κ3) is 11.9. The van der Waals surface area contributed by atoms with Crippen LogP contribution in [0.3, 0.4) is 0 Å². The van der Waals surface area contributed by atoms with E-state index in [4.69, 9.17) is 18.6 Å². The van der Waals surface area contributed by atoms with Crippen LogP contribution in [0.2, 0.25) is 18.1 Å². The molecule has 11 nitrogen and oxygen atoms in total. The number of aliphatic hydroxyl groups excluding tert-OH is 2. The molecular formula is C32H48N2O9Si. The second kappa shape index (κ2) is 17.7. The van der Waals surface area contributed by atoms with E-state index in [9.17, 15) is 24.6 Å². The van der Waals surface area contributed by atoms with Crippen LogP contribution in [0, 0.1) is 0 Å². The third-order valence-electron chi connectivity index (χ3n) is 7.57. The molecule has 0 aliphatic rings. The Morgan fingerprint density at radius 3 is 1.93 bits per heavy atom. The largest absolute Gasteiger partial charge is 0.464 e. The average Bonchev–Trinajstić information content (AvgIpc) is 2.99. The predicted octanol–water partition coefficient (Wildman–Crippen LogP) is 5.31. The van der Waals surface area contributed by atoms with Crippen LogP contribution in [-0.4, -0.2) is 73.2 Å². The zero-order chi connectivity index (χ0) is 32.8. The van der Waals surface area contributed by atoms with Gasteiger partial charge in [0.05, 0.1) is 12.6 Å². The standard InChI is InChI=1S/C32H48N2O9Si/c1-7-40-29(37)28(36)27(35)26(20-14-15-21-43-44(5,6)32(2,3)4)34(31(39)42-23-25-18-12-9-13-19-25)33-30(38)41-22-24-16-10-8-11-17-24/h8-13,16-19,26-28,35-36H,7,14-15,20-23H2,1-6H3,(H,33,38)/t26-,27-,28+/m1/s1. The van der Waals surface area contributed by atoms with E-state index in [1.165, 1.54) is 0 Å². The molecular weight excluding hydrogens is 584 g/mol. The number of amides is 2. The Labute approximate surface area is 261 Å². The Balaban J connectivity index is 2.26. The summed E-state index contributed by atoms with van der Waals surface area (Å²) < 4.78 is 21.9. The van der Waals surface area contributed by atoms with Gasteiger partial charge >= 0.3 is 18.2 Å². The molecule has 0 heterocycles. The first-order valence-electron chi connectivity index (χ1n) is 14.9. The topological polar surface area (TPSA) is 144 Å². The minimum Gasteiger partial charge on any atom is -0.464 e. The lowest BCUT2D eigenvalue weighted by Crippen LogP contribution is -2.59. The number of unbranched alkanes of at least 4 members (excludes halogenated alkanes) is 1. The third-order valence-corrected chi connectivity index (χ3v) is 12.1. The van der Waals surface area contributed by atoms with Crippen LogP contribution in [0.1, 0.15) is 58.1 Å². The van der Waals surface area contributed by atoms with Crippen molar-refractivity contribution in [1.82, 2.24) is 10.4 Å². The number of aliphatic hydroxyl groups is 2. The number of carbonyl (C=O) groups excluding carboxylic acids is 3. The van der Waals surface area contributed by atoms with Gasteiger partial charge in [0.2, 0.25) is 0 Å². The van der Waals surface area contributed by atoms with Crippen molar-refractivity contribution in [1.29, 1.82) is 0 Å². The van der Waals surface area contributed by atoms with Gasteiger partial charge in [-0.1, -0.05) is 81.4 Å². The summed E-state index contributed by atoms with van der Waals surface area (Å²) in [5, 5.41) is 22.6. The molecule has 0 spiro atoms. The van der Waals surface area contributed by atoms with Crippen molar-refractivity contribution in [3.8, 4) is 0 Å². The molecule has 0 saturated carbocycles. The van der Waals surface area contributed by atoms with Crippen LogP contribution in [0.5, 0.6) is 0 Å². The van der Waals surface area contributed by atoms with Gasteiger partial charge in [-0.25, -0.2) is 24.8 Å². The highest BCUT2D eigenvalue weighted by Crippen LogP contribution is 2.36. The van der Waals surface area contributed by atoms with Gasteiger partial charge in [-0.3, -0.25) is 0 Å². The molecule has 0 unspecified atom stereocenters. The highest BCUT2D eigenvalue weighted by atomic mass is 28.4. The quantitative estimate of drug-likeness (QED) is 0.0782. The Bertz CT molecular complexity index is 1160. The number of carbonyl (C=O) groups is 3. The summed E-state index contributed by atoms with van der Waals surface area (Å²) >= 11 is 0. The highest BCUT2D eigenvalue weighted by Gasteiger charge is 2.40. The molecule has 0 fully saturated rings. The summed E-state index contributed by atoms with van der Waals surface area (Å²) in [7, 11) is -2.00. The van der Waals surface area contributed by atoms with Gasteiger partial charge in [0.1, 0.15) is 19.3 Å². The number of esters is 1. The fraction of sp³-hybridized carbons (Fsp3) is 0.531. The Morgan fingerprint density at radius 1 is 0.864 bits per heavy atom. The van der Waals surface area contributed by atoms with E-state index < -0.39 is 44.7 Å². The molecule has 44 heavy (non-hydrogen) atoms. The number of nitrogens with one attached hydrogen (secondary N) is 1. The maximum atomic E-state index is 13.4. The first-order chi connectivity index (χ1) is 20.8. The fourth-order valence-corrected chi connectivity index (χ4v) is 5.02. The number of rotatable bonds is 15. The lowest BCUT2D eigenvalue weighted by molar-refractivity contribution is -0.162. The summed E-state index contributed by atoms with van der Waals surface area (Å²) in [6.45, 7) is 12.5. The monoisotopic (exact) mass is 632 g/mol. The summed E-state index contributed by atoms with van der Waals surface area (Å²) in [6, 6.07) is 16.6. The SMILES string of the molecule is CCOC(=O)[C@@H](O)[C@H](O)[C@@H](CCCCO[Si](C)(C)C(C)(C)C)N(NC(=O)OCc1ccccc1)C(=O)OCc1ccccc1. The number of ether oxygens (including phenoxy) is 3. The first-order valence-corrected chi connectivity index (χ1v) is 17.8. The van der Waals surface area contributed by atoms with Crippen LogP contribution < -0.4 is 5.43 Å². The summed E-state index contributed by atoms with van der Waals surface area (Å²) in [4.78, 5) is 38.7. The molecule has 3 N–H and O–H groups in total. The van der Waals surface area contributed by atoms with Crippen LogP contribution >= 0.6 is 0 Å². The van der Waals surface area contributed by atoms with E-state index in [1.807, 2.05) is 12.1 Å². The zero-order valence-electron chi connectivity index (χ0n) is 26.7. The van der Waals surface area contributed by atoms with E-state index in [0.717, 1.165) is 10.6 Å². The van der Waals surface area contributed by atoms with E-state index >= 15 is 0 Å². The van der Waals surface area contributed by atoms with Crippen molar-refractivity contribution in [3.63, 3.8) is 0 Å². The Kier molecular flexibility index (Phi) is 14.8. The molecule has 2 aromatic rings. The van der Waals surface area contributed by atoms with Gasteiger partial charge in [0.25, 0.3) is 0 Å². The molecule has 2 aromatic carbocycles. The molecule has 0 radical (unpaired) electrons. The van der Waals surface area contributed by atoms with Gasteiger partial charge < -0.3 is 28.8 Å². The molecule has 0 aromatic heterocycles. The predicted molar refractivity (Wildman–Crippen MR) is 168 cm³/mol. The van der Waals surface area contributed by atoms with E-state index in [-0.39, 0.29) is 31.3 Å². The second-order valence-electron chi connectivity index (χ2n) is 11.9. The summed E-state index contributed by atoms with van der Waals surface area (Å²) in [6.07, 6.45) is -4.74. The Morgan fingerprint density at radius 2 is 1.41 bits per heavy atom. The van der Waals surface area contributed by atoms with Crippen LogP contribution in [0.15, 0.2) is 60.7 Å². The van der Waals surface area contributed by atoms with E-state index in [1.54, 1.807) is 55.5 Å². The smallest absolute Gasteiger partial charge is 0.429 e. The molecule has 3 atom stereocenters. The lowest BCUT2D eigenvalue weighted by atomic mass is 9.99. The minimum absolute atomic E-state index is 0.0229. The van der Waals surface area contributed by atoms with Gasteiger partial charge in [-0.05, 0) is 55.4 Å². The maximum absolute atomic E-state index is 13.4. The van der Waals surface area contributed by atoms with Crippen molar-refractivity contribution in [2.75, 3.05) is 13.2 Å². The van der Waals surface area contributed by atoms with Crippen molar-refractivity contribution in [2.24, 2.45) is 0 Å². The number of hydrazine groups is 1. The van der Waals surface area contributed by atoms with Crippen molar-refractivity contribution in [2.45, 2.75) is 96.6 Å². The highest BCUT2D eigenvalue weighted by molar-refractivity contribution is 6.74. The van der Waals surface area contributed by atoms with Crippen molar-refractivity contribution in [3.05, 3.63) is 71.8 Å². The molecule has 2 amide bonds. The van der Waals surface area contributed by atoms with E-state index in [2.05, 4.69) is 39.3 Å². The normalized spacial score (nSPS) is 13.7. The number of hydrogen-bond donors (Lipinski definition) is 3. The van der Waals surface area contributed by atoms with Gasteiger partial charge in [-0.15, -0.1) is 0 Å². The molecule has 0 aliphatic heterocycles. The van der Waals surface area contributed by atoms with Crippen molar-refractivity contribution >= 4 is 26.5 Å². The summed E-state index contributed by atoms with van der Waals surface area (Å²) in [5.41, 5.74) is 3.78. The van der Waals surface area contributed by atoms with E-state index in [0.29, 0.717) is 25.0 Å². The molecule has 2 rings (SSSR count). The Hall–Kier alpha value is -3.45. The minimum atomic E-state index is -2.00. The number of nitrogens with zero attached hydrogens (tertiary/aromatic N) is 1. The van der Waals surface area contributed by atoms with Gasteiger partial charge in [-0.2, -0.15) is 0 Å². The van der Waals surface area contributed by atoms with Crippen LogP contribution in [0.4, 0.5) is 9.59 Å². The first kappa shape index (κ1) is 36.7. The van der Waals surface area contributed by atoms with Gasteiger partial charge in [0.15, 0.2) is 14.4 Å². The average molecular weight is 633 g/mol. The summed E-state index contributed by atoms with van der Waals surface area (Å²) in [5.74, 6) is -1.06. The van der Waals surface area contributed by atoms with Crippen molar-refractivity contribution < 1.29 is 43.2 Å². The maximum Gasteiger partial charge on any atom is 0.429 e. The molecule has 0 bridgehead atoms. The molecule has 0 saturated heterocycles. The van der Waals surface area contributed by atoms with Crippen LogP contribution in [-0.2, 0) is 36.6 Å². The number of hydrogen-bond acceptors (Lipinski definition) is 9.